The predicted molar refractivity (Wildman–Crippen MR) is 89.6 cm³/mol. The van der Waals surface area contributed by atoms with Crippen molar-refractivity contribution >= 4 is 0 Å². The summed E-state index contributed by atoms with van der Waals surface area (Å²) < 4.78 is 5.65. The van der Waals surface area contributed by atoms with E-state index < -0.39 is 0 Å². The summed E-state index contributed by atoms with van der Waals surface area (Å²) in [6.45, 7) is 3.78. The molecule has 1 aliphatic heterocycles. The van der Waals surface area contributed by atoms with Crippen molar-refractivity contribution in [1.29, 1.82) is 0 Å². The molecule has 3 fully saturated rings. The van der Waals surface area contributed by atoms with Crippen LogP contribution in [0.2, 0.25) is 0 Å². The Balaban J connectivity index is 1.42. The second-order valence-corrected chi connectivity index (χ2v) is 7.87. The van der Waals surface area contributed by atoms with Gasteiger partial charge in [0, 0.05) is 26.7 Å². The number of benzene rings is 1. The zero-order valence-electron chi connectivity index (χ0n) is 13.8. The number of likely N-dealkylation sites (tertiary alicyclic amines) is 1. The highest BCUT2D eigenvalue weighted by Gasteiger charge is 2.44. The largest absolute Gasteiger partial charge is 0.381 e. The highest BCUT2D eigenvalue weighted by Crippen LogP contribution is 2.48. The van der Waals surface area contributed by atoms with Crippen LogP contribution < -0.4 is 0 Å². The maximum Gasteiger partial charge on any atom is 0.0574 e. The lowest BCUT2D eigenvalue weighted by molar-refractivity contribution is -0.0517. The first-order valence-electron chi connectivity index (χ1n) is 9.11. The summed E-state index contributed by atoms with van der Waals surface area (Å²) in [7, 11) is 1.90. The maximum atomic E-state index is 5.65. The molecule has 2 bridgehead atoms. The fourth-order valence-electron chi connectivity index (χ4n) is 5.58. The Morgan fingerprint density at radius 1 is 1.00 bits per heavy atom. The molecule has 0 aromatic heterocycles. The molecule has 0 spiro atoms. The van der Waals surface area contributed by atoms with Crippen molar-refractivity contribution < 1.29 is 4.74 Å². The topological polar surface area (TPSA) is 12.5 Å². The Kier molecular flexibility index (Phi) is 4.23. The fourth-order valence-corrected chi connectivity index (χ4v) is 5.58. The van der Waals surface area contributed by atoms with Gasteiger partial charge in [-0.2, -0.15) is 0 Å². The minimum Gasteiger partial charge on any atom is -0.381 e. The van der Waals surface area contributed by atoms with Crippen LogP contribution in [-0.2, 0) is 11.3 Å². The Morgan fingerprint density at radius 3 is 2.64 bits per heavy atom. The summed E-state index contributed by atoms with van der Waals surface area (Å²) in [6, 6.07) is 11.0. The number of methoxy groups -OCH3 is 1. The van der Waals surface area contributed by atoms with Crippen LogP contribution in [0, 0.1) is 23.7 Å². The van der Waals surface area contributed by atoms with Gasteiger partial charge in [0.15, 0.2) is 0 Å². The summed E-state index contributed by atoms with van der Waals surface area (Å²) in [5, 5.41) is 0. The van der Waals surface area contributed by atoms with Crippen LogP contribution in [0.1, 0.15) is 37.7 Å². The number of rotatable bonds is 3. The average molecular weight is 299 g/mol. The number of ether oxygens (including phenoxy) is 1. The van der Waals surface area contributed by atoms with Crippen molar-refractivity contribution in [1.82, 2.24) is 4.90 Å². The van der Waals surface area contributed by atoms with Gasteiger partial charge in [-0.25, -0.2) is 0 Å². The molecule has 2 aliphatic carbocycles. The first kappa shape index (κ1) is 14.7. The van der Waals surface area contributed by atoms with Gasteiger partial charge >= 0.3 is 0 Å². The molecule has 22 heavy (non-hydrogen) atoms. The monoisotopic (exact) mass is 299 g/mol. The van der Waals surface area contributed by atoms with Gasteiger partial charge in [-0.1, -0.05) is 30.3 Å². The normalized spacial score (nSPS) is 38.5. The molecule has 0 amide bonds. The Hall–Kier alpha value is -0.860. The Bertz CT molecular complexity index is 488. The van der Waals surface area contributed by atoms with Crippen molar-refractivity contribution in [3.63, 3.8) is 0 Å². The van der Waals surface area contributed by atoms with Crippen LogP contribution in [0.4, 0.5) is 0 Å². The summed E-state index contributed by atoms with van der Waals surface area (Å²) in [5.74, 6) is 3.79. The van der Waals surface area contributed by atoms with Crippen molar-refractivity contribution in [2.24, 2.45) is 23.7 Å². The first-order chi connectivity index (χ1) is 10.8. The third kappa shape index (κ3) is 2.96. The molecule has 2 heteroatoms. The van der Waals surface area contributed by atoms with E-state index in [-0.39, 0.29) is 0 Å². The second-order valence-electron chi connectivity index (χ2n) is 7.87. The van der Waals surface area contributed by atoms with Gasteiger partial charge in [-0.05, 0) is 61.3 Å². The van der Waals surface area contributed by atoms with E-state index in [9.17, 15) is 0 Å². The third-order valence-corrected chi connectivity index (χ3v) is 6.46. The number of fused-ring (bicyclic) bond motifs is 4. The number of hydrogen-bond donors (Lipinski definition) is 0. The van der Waals surface area contributed by atoms with Crippen LogP contribution in [0.5, 0.6) is 0 Å². The number of nitrogens with zero attached hydrogens (tertiary/aromatic N) is 1. The number of hydrogen-bond acceptors (Lipinski definition) is 2. The third-order valence-electron chi connectivity index (χ3n) is 6.46. The van der Waals surface area contributed by atoms with Gasteiger partial charge in [0.2, 0.25) is 0 Å². The maximum absolute atomic E-state index is 5.65. The lowest BCUT2D eigenvalue weighted by Gasteiger charge is -2.51. The Morgan fingerprint density at radius 2 is 1.82 bits per heavy atom. The fraction of sp³-hybridized carbons (Fsp3) is 0.700. The van der Waals surface area contributed by atoms with Gasteiger partial charge in [0.05, 0.1) is 6.10 Å². The van der Waals surface area contributed by atoms with E-state index >= 15 is 0 Å². The van der Waals surface area contributed by atoms with Crippen molar-refractivity contribution in [3.05, 3.63) is 35.9 Å². The molecule has 1 aromatic carbocycles. The molecule has 2 saturated carbocycles. The first-order valence-corrected chi connectivity index (χ1v) is 9.11. The van der Waals surface area contributed by atoms with Gasteiger partial charge in [-0.15, -0.1) is 0 Å². The van der Waals surface area contributed by atoms with Crippen LogP contribution in [0.3, 0.4) is 0 Å². The molecule has 2 nitrogen and oxygen atoms in total. The molecule has 4 rings (SSSR count). The molecule has 1 heterocycles. The smallest absolute Gasteiger partial charge is 0.0574 e. The molecular weight excluding hydrogens is 270 g/mol. The molecule has 1 aromatic rings. The van der Waals surface area contributed by atoms with Crippen LogP contribution in [0.25, 0.3) is 0 Å². The lowest BCUT2D eigenvalue weighted by atomic mass is 9.60. The second kappa shape index (κ2) is 6.33. The minimum absolute atomic E-state index is 0.542. The van der Waals surface area contributed by atoms with Crippen molar-refractivity contribution in [3.8, 4) is 0 Å². The van der Waals surface area contributed by atoms with E-state index in [1.807, 2.05) is 7.11 Å². The van der Waals surface area contributed by atoms with E-state index in [1.54, 1.807) is 0 Å². The average Bonchev–Trinajstić information content (AvgIpc) is 2.55. The molecule has 3 aliphatic rings. The van der Waals surface area contributed by atoms with Gasteiger partial charge in [0.25, 0.3) is 0 Å². The van der Waals surface area contributed by atoms with Crippen molar-refractivity contribution in [2.45, 2.75) is 44.8 Å². The lowest BCUT2D eigenvalue weighted by Crippen LogP contribution is -2.50. The van der Waals surface area contributed by atoms with Crippen LogP contribution in [-0.4, -0.2) is 31.2 Å². The minimum atomic E-state index is 0.542. The van der Waals surface area contributed by atoms with Gasteiger partial charge in [-0.3, -0.25) is 4.90 Å². The molecule has 5 atom stereocenters. The zero-order valence-corrected chi connectivity index (χ0v) is 13.8. The molecule has 120 valence electrons. The van der Waals surface area contributed by atoms with E-state index in [1.165, 1.54) is 50.8 Å². The van der Waals surface area contributed by atoms with E-state index in [4.69, 9.17) is 4.74 Å². The predicted octanol–water partition coefficient (Wildman–Crippen LogP) is 3.96. The summed E-state index contributed by atoms with van der Waals surface area (Å²) in [6.07, 6.45) is 7.50. The highest BCUT2D eigenvalue weighted by atomic mass is 16.5. The number of piperidine rings is 1. The quantitative estimate of drug-likeness (QED) is 0.837. The van der Waals surface area contributed by atoms with E-state index in [0.717, 1.165) is 30.2 Å². The molecular formula is C20H29NO. The molecule has 5 unspecified atom stereocenters. The van der Waals surface area contributed by atoms with E-state index in [2.05, 4.69) is 35.2 Å². The highest BCUT2D eigenvalue weighted by molar-refractivity contribution is 5.14. The van der Waals surface area contributed by atoms with Crippen molar-refractivity contribution in [2.75, 3.05) is 20.2 Å². The molecule has 1 saturated heterocycles. The standard InChI is InChI=1S/C20H29NO/c1-22-19-7-8-20-17(11-19)9-16-10-18(20)14-21(13-16)12-15-5-3-2-4-6-15/h2-6,16-20H,7-14H2,1H3. The zero-order chi connectivity index (χ0) is 14.9. The Labute approximate surface area is 134 Å². The molecule has 0 N–H and O–H groups in total. The van der Waals surface area contributed by atoms with Crippen LogP contribution in [0.15, 0.2) is 30.3 Å². The van der Waals surface area contributed by atoms with E-state index in [0.29, 0.717) is 6.10 Å². The van der Waals surface area contributed by atoms with Crippen LogP contribution >= 0.6 is 0 Å². The van der Waals surface area contributed by atoms with Gasteiger partial charge in [0.1, 0.15) is 0 Å². The summed E-state index contributed by atoms with van der Waals surface area (Å²) >= 11 is 0. The summed E-state index contributed by atoms with van der Waals surface area (Å²) in [4.78, 5) is 2.73. The van der Waals surface area contributed by atoms with Gasteiger partial charge < -0.3 is 4.74 Å². The SMILES string of the molecule is COC1CCC2C(CC3CC2CN(Cc2ccccc2)C3)C1. The summed E-state index contributed by atoms with van der Waals surface area (Å²) in [5.41, 5.74) is 1.47. The molecule has 0 radical (unpaired) electrons.